The van der Waals surface area contributed by atoms with Crippen LogP contribution in [0.15, 0.2) is 0 Å². The van der Waals surface area contributed by atoms with Gasteiger partial charge in [-0.15, -0.1) is 0 Å². The van der Waals surface area contributed by atoms with Gasteiger partial charge in [0.25, 0.3) is 0 Å². The van der Waals surface area contributed by atoms with Crippen molar-refractivity contribution in [1.29, 1.82) is 0 Å². The number of nitrogens with zero attached hydrogens (tertiary/aromatic N) is 2. The van der Waals surface area contributed by atoms with E-state index in [0.29, 0.717) is 0 Å². The van der Waals surface area contributed by atoms with Crippen molar-refractivity contribution in [1.82, 2.24) is 15.1 Å². The van der Waals surface area contributed by atoms with E-state index in [-0.39, 0.29) is 12.1 Å². The Morgan fingerprint density at radius 1 is 1.16 bits per heavy atom. The summed E-state index contributed by atoms with van der Waals surface area (Å²) in [4.78, 5) is 4.95. The van der Waals surface area contributed by atoms with Gasteiger partial charge in [-0.1, -0.05) is 13.8 Å². The van der Waals surface area contributed by atoms with Crippen molar-refractivity contribution in [3.8, 4) is 0 Å². The maximum Gasteiger partial charge on any atom is 0.0613 e. The lowest BCUT2D eigenvalue weighted by molar-refractivity contribution is 0.124. The smallest absolute Gasteiger partial charge is 0.0613 e. The lowest BCUT2D eigenvalue weighted by atomic mass is 9.91. The maximum absolute atomic E-state index is 9.69. The highest BCUT2D eigenvalue weighted by molar-refractivity contribution is 4.86. The molecule has 0 aromatic heterocycles. The average Bonchev–Trinajstić information content (AvgIpc) is 2.45. The molecule has 1 atom stereocenters. The third-order valence-corrected chi connectivity index (χ3v) is 4.46. The summed E-state index contributed by atoms with van der Waals surface area (Å²) in [6.45, 7) is 11.5. The molecule has 0 spiro atoms. The van der Waals surface area contributed by atoms with Crippen LogP contribution < -0.4 is 5.32 Å². The minimum absolute atomic E-state index is 0.0530. The molecule has 2 N–H and O–H groups in total. The van der Waals surface area contributed by atoms with E-state index in [1.165, 1.54) is 39.1 Å². The molecule has 0 amide bonds. The Bertz CT molecular complexity index is 223. The van der Waals surface area contributed by atoms with Crippen molar-refractivity contribution in [2.24, 2.45) is 0 Å². The Labute approximate surface area is 119 Å². The van der Waals surface area contributed by atoms with Crippen LogP contribution in [0.2, 0.25) is 0 Å². The first-order valence-corrected chi connectivity index (χ1v) is 7.92. The predicted octanol–water partition coefficient (Wildman–Crippen LogP) is 1.15. The Balaban J connectivity index is 2.27. The highest BCUT2D eigenvalue weighted by atomic mass is 16.3. The second-order valence-corrected chi connectivity index (χ2v) is 5.97. The Morgan fingerprint density at radius 3 is 2.37 bits per heavy atom. The summed E-state index contributed by atoms with van der Waals surface area (Å²) in [5, 5.41) is 13.2. The molecular weight excluding hydrogens is 238 g/mol. The van der Waals surface area contributed by atoms with Crippen LogP contribution in [0.3, 0.4) is 0 Å². The number of piperazine rings is 1. The van der Waals surface area contributed by atoms with Gasteiger partial charge in [0, 0.05) is 31.7 Å². The minimum Gasteiger partial charge on any atom is -0.394 e. The van der Waals surface area contributed by atoms with Crippen molar-refractivity contribution in [2.75, 3.05) is 52.9 Å². The van der Waals surface area contributed by atoms with Crippen LogP contribution in [0.1, 0.15) is 39.5 Å². The van der Waals surface area contributed by atoms with Crippen molar-refractivity contribution in [3.63, 3.8) is 0 Å². The lowest BCUT2D eigenvalue weighted by Crippen LogP contribution is -2.49. The molecule has 1 rings (SSSR count). The van der Waals surface area contributed by atoms with Crippen molar-refractivity contribution in [3.05, 3.63) is 0 Å². The molecule has 1 aliphatic heterocycles. The maximum atomic E-state index is 9.69. The first-order valence-electron chi connectivity index (χ1n) is 7.92. The van der Waals surface area contributed by atoms with E-state index in [1.54, 1.807) is 0 Å². The fraction of sp³-hybridized carbons (Fsp3) is 1.00. The summed E-state index contributed by atoms with van der Waals surface area (Å²) in [5.41, 5.74) is -0.0530. The number of nitrogens with one attached hydrogen (secondary N) is 1. The largest absolute Gasteiger partial charge is 0.394 e. The van der Waals surface area contributed by atoms with E-state index in [2.05, 4.69) is 36.0 Å². The third kappa shape index (κ3) is 5.78. The van der Waals surface area contributed by atoms with E-state index in [9.17, 15) is 5.11 Å². The van der Waals surface area contributed by atoms with Gasteiger partial charge in [-0.2, -0.15) is 0 Å². The molecule has 114 valence electrons. The molecule has 0 bridgehead atoms. The standard InChI is InChI=1S/C15H33N3O/c1-4-8-16-15(5-2,14-19)7-6-9-18-12-10-17(3)11-13-18/h16,19H,4-14H2,1-3H3. The zero-order valence-electron chi connectivity index (χ0n) is 13.1. The highest BCUT2D eigenvalue weighted by Gasteiger charge is 2.26. The van der Waals surface area contributed by atoms with Gasteiger partial charge < -0.3 is 20.2 Å². The zero-order valence-corrected chi connectivity index (χ0v) is 13.1. The van der Waals surface area contributed by atoms with Gasteiger partial charge in [0.1, 0.15) is 0 Å². The number of likely N-dealkylation sites (N-methyl/N-ethyl adjacent to an activating group) is 1. The monoisotopic (exact) mass is 271 g/mol. The number of hydrogen-bond acceptors (Lipinski definition) is 4. The molecule has 0 aromatic carbocycles. The second kappa shape index (κ2) is 8.90. The molecule has 1 saturated heterocycles. The predicted molar refractivity (Wildman–Crippen MR) is 81.6 cm³/mol. The number of hydrogen-bond donors (Lipinski definition) is 2. The fourth-order valence-corrected chi connectivity index (χ4v) is 2.74. The normalized spacial score (nSPS) is 21.5. The first kappa shape index (κ1) is 16.9. The average molecular weight is 271 g/mol. The van der Waals surface area contributed by atoms with Crippen molar-refractivity contribution >= 4 is 0 Å². The Morgan fingerprint density at radius 2 is 1.84 bits per heavy atom. The molecule has 1 unspecified atom stereocenters. The quantitative estimate of drug-likeness (QED) is 0.660. The van der Waals surface area contributed by atoms with Crippen LogP contribution in [0, 0.1) is 0 Å². The fourth-order valence-electron chi connectivity index (χ4n) is 2.74. The van der Waals surface area contributed by atoms with Crippen LogP contribution in [-0.2, 0) is 0 Å². The van der Waals surface area contributed by atoms with Gasteiger partial charge in [-0.05, 0) is 45.8 Å². The molecule has 4 heteroatoms. The van der Waals surface area contributed by atoms with Crippen LogP contribution in [0.4, 0.5) is 0 Å². The zero-order chi connectivity index (χ0) is 14.1. The molecule has 0 radical (unpaired) electrons. The lowest BCUT2D eigenvalue weighted by Gasteiger charge is -2.35. The first-order chi connectivity index (χ1) is 9.15. The molecular formula is C15H33N3O. The van der Waals surface area contributed by atoms with E-state index < -0.39 is 0 Å². The Kier molecular flexibility index (Phi) is 7.91. The number of rotatable bonds is 9. The van der Waals surface area contributed by atoms with E-state index in [1.807, 2.05) is 0 Å². The molecule has 1 heterocycles. The summed E-state index contributed by atoms with van der Waals surface area (Å²) < 4.78 is 0. The molecule has 0 saturated carbocycles. The van der Waals surface area contributed by atoms with Crippen LogP contribution in [0.25, 0.3) is 0 Å². The van der Waals surface area contributed by atoms with Gasteiger partial charge >= 0.3 is 0 Å². The van der Waals surface area contributed by atoms with Crippen molar-refractivity contribution in [2.45, 2.75) is 45.1 Å². The van der Waals surface area contributed by atoms with Gasteiger partial charge in [0.05, 0.1) is 6.61 Å². The van der Waals surface area contributed by atoms with Gasteiger partial charge in [-0.3, -0.25) is 0 Å². The van der Waals surface area contributed by atoms with E-state index in [4.69, 9.17) is 0 Å². The number of aliphatic hydroxyl groups excluding tert-OH is 1. The van der Waals surface area contributed by atoms with Crippen molar-refractivity contribution < 1.29 is 5.11 Å². The molecule has 0 aromatic rings. The second-order valence-electron chi connectivity index (χ2n) is 5.97. The SMILES string of the molecule is CCCNC(CC)(CO)CCCN1CCN(C)CC1. The van der Waals surface area contributed by atoms with Crippen LogP contribution >= 0.6 is 0 Å². The molecule has 4 nitrogen and oxygen atoms in total. The summed E-state index contributed by atoms with van der Waals surface area (Å²) in [6, 6.07) is 0. The highest BCUT2D eigenvalue weighted by Crippen LogP contribution is 2.17. The molecule has 1 aliphatic rings. The van der Waals surface area contributed by atoms with E-state index >= 15 is 0 Å². The summed E-state index contributed by atoms with van der Waals surface area (Å²) in [5.74, 6) is 0. The summed E-state index contributed by atoms with van der Waals surface area (Å²) >= 11 is 0. The Hall–Kier alpha value is -0.160. The van der Waals surface area contributed by atoms with Crippen LogP contribution in [0.5, 0.6) is 0 Å². The van der Waals surface area contributed by atoms with Gasteiger partial charge in [-0.25, -0.2) is 0 Å². The molecule has 0 aliphatic carbocycles. The van der Waals surface area contributed by atoms with Gasteiger partial charge in [0.15, 0.2) is 0 Å². The van der Waals surface area contributed by atoms with Gasteiger partial charge in [0.2, 0.25) is 0 Å². The molecule has 19 heavy (non-hydrogen) atoms. The molecule has 1 fully saturated rings. The summed E-state index contributed by atoms with van der Waals surface area (Å²) in [7, 11) is 2.19. The van der Waals surface area contributed by atoms with Crippen LogP contribution in [-0.4, -0.2) is 73.4 Å². The topological polar surface area (TPSA) is 38.7 Å². The summed E-state index contributed by atoms with van der Waals surface area (Å²) in [6.07, 6.45) is 4.38. The minimum atomic E-state index is -0.0530. The third-order valence-electron chi connectivity index (χ3n) is 4.46. The number of aliphatic hydroxyl groups is 1. The van der Waals surface area contributed by atoms with E-state index in [0.717, 1.165) is 25.8 Å².